The molecule has 0 aromatic heterocycles. The van der Waals surface area contributed by atoms with Gasteiger partial charge in [0.05, 0.1) is 11.0 Å². The predicted octanol–water partition coefficient (Wildman–Crippen LogP) is 5.40. The zero-order valence-corrected chi connectivity index (χ0v) is 17.4. The zero-order valence-electron chi connectivity index (χ0n) is 16.6. The second-order valence-corrected chi connectivity index (χ2v) is 7.26. The highest BCUT2D eigenvalue weighted by Crippen LogP contribution is 2.36. The van der Waals surface area contributed by atoms with Crippen molar-refractivity contribution in [2.24, 2.45) is 0 Å². The van der Waals surface area contributed by atoms with E-state index < -0.39 is 0 Å². The minimum Gasteiger partial charge on any atom is -0.484 e. The normalized spacial score (nSPS) is 14.4. The molecule has 0 amide bonds. The minimum absolute atomic E-state index is 0. The van der Waals surface area contributed by atoms with Crippen molar-refractivity contribution in [2.45, 2.75) is 39.8 Å². The van der Waals surface area contributed by atoms with E-state index in [1.54, 1.807) is 6.07 Å². The fourth-order valence-electron chi connectivity index (χ4n) is 3.45. The number of halogens is 1. The Kier molecular flexibility index (Phi) is 7.61. The first-order valence-corrected chi connectivity index (χ1v) is 9.35. The maximum Gasteiger partial charge on any atom is 0.311 e. The Bertz CT molecular complexity index is 850. The molecule has 0 saturated carbocycles. The van der Waals surface area contributed by atoms with Gasteiger partial charge in [-0.15, -0.1) is 12.4 Å². The number of ether oxygens (including phenoxy) is 1. The lowest BCUT2D eigenvalue weighted by molar-refractivity contribution is -0.386. The van der Waals surface area contributed by atoms with Crippen LogP contribution in [0, 0.1) is 17.0 Å². The molecule has 2 aromatic rings. The number of rotatable bonds is 6. The van der Waals surface area contributed by atoms with Gasteiger partial charge < -0.3 is 4.74 Å². The molecule has 28 heavy (non-hydrogen) atoms. The third kappa shape index (κ3) is 5.33. The van der Waals surface area contributed by atoms with Crippen molar-refractivity contribution in [3.63, 3.8) is 0 Å². The molecule has 0 bridgehead atoms. The van der Waals surface area contributed by atoms with Crippen LogP contribution in [0.5, 0.6) is 5.75 Å². The number of nitro benzene ring substituents is 1. The highest BCUT2D eigenvalue weighted by Gasteiger charge is 2.22. The van der Waals surface area contributed by atoms with E-state index in [1.165, 1.54) is 11.1 Å². The Morgan fingerprint density at radius 3 is 2.50 bits per heavy atom. The molecule has 0 saturated heterocycles. The smallest absolute Gasteiger partial charge is 0.311 e. The van der Waals surface area contributed by atoms with Gasteiger partial charge in [0.25, 0.3) is 0 Å². The molecule has 150 valence electrons. The number of hydrogen-bond acceptors (Lipinski definition) is 4. The van der Waals surface area contributed by atoms with Gasteiger partial charge in [0.15, 0.2) is 5.75 Å². The van der Waals surface area contributed by atoms with Crippen molar-refractivity contribution < 1.29 is 9.66 Å². The number of nitrogens with zero attached hydrogens (tertiary/aromatic N) is 2. The lowest BCUT2D eigenvalue weighted by atomic mass is 9.94. The summed E-state index contributed by atoms with van der Waals surface area (Å²) < 4.78 is 5.71. The summed E-state index contributed by atoms with van der Waals surface area (Å²) in [7, 11) is 0. The number of nitro groups is 1. The molecule has 0 N–H and O–H groups in total. The molecule has 3 rings (SSSR count). The lowest BCUT2D eigenvalue weighted by Gasteiger charge is -2.27. The molecule has 0 atom stereocenters. The predicted molar refractivity (Wildman–Crippen MR) is 115 cm³/mol. The second-order valence-electron chi connectivity index (χ2n) is 7.26. The fraction of sp³-hybridized carbons (Fsp3) is 0.364. The average molecular weight is 403 g/mol. The Morgan fingerprint density at radius 2 is 1.93 bits per heavy atom. The van der Waals surface area contributed by atoms with Gasteiger partial charge in [-0.3, -0.25) is 15.0 Å². The van der Waals surface area contributed by atoms with Gasteiger partial charge in [0.2, 0.25) is 0 Å². The highest BCUT2D eigenvalue weighted by molar-refractivity contribution is 5.85. The molecular weight excluding hydrogens is 376 g/mol. The highest BCUT2D eigenvalue weighted by atomic mass is 35.5. The van der Waals surface area contributed by atoms with Crippen LogP contribution in [0.25, 0.3) is 5.57 Å². The Balaban J connectivity index is 0.00000280. The van der Waals surface area contributed by atoms with Crippen LogP contribution in [0.4, 0.5) is 5.69 Å². The lowest BCUT2D eigenvalue weighted by Crippen LogP contribution is -2.28. The SMILES string of the molecule is Cc1cc([N+](=O)[O-])c(OC(C)C)cc1C1=CCN(Cc2ccccc2)CC1.Cl. The van der Waals surface area contributed by atoms with Gasteiger partial charge in [-0.2, -0.15) is 0 Å². The largest absolute Gasteiger partial charge is 0.484 e. The number of hydrogen-bond donors (Lipinski definition) is 0. The monoisotopic (exact) mass is 402 g/mol. The summed E-state index contributed by atoms with van der Waals surface area (Å²) in [4.78, 5) is 13.4. The summed E-state index contributed by atoms with van der Waals surface area (Å²) in [5, 5.41) is 11.4. The first-order valence-electron chi connectivity index (χ1n) is 9.35. The van der Waals surface area contributed by atoms with Crippen LogP contribution < -0.4 is 4.74 Å². The summed E-state index contributed by atoms with van der Waals surface area (Å²) >= 11 is 0. The van der Waals surface area contributed by atoms with Crippen LogP contribution in [0.1, 0.15) is 37.0 Å². The van der Waals surface area contributed by atoms with Gasteiger partial charge in [0, 0.05) is 25.7 Å². The summed E-state index contributed by atoms with van der Waals surface area (Å²) in [6.45, 7) is 8.47. The van der Waals surface area contributed by atoms with Crippen molar-refractivity contribution in [1.29, 1.82) is 0 Å². The summed E-state index contributed by atoms with van der Waals surface area (Å²) in [5.74, 6) is 0.350. The third-order valence-electron chi connectivity index (χ3n) is 4.75. The van der Waals surface area contributed by atoms with E-state index in [9.17, 15) is 10.1 Å². The van der Waals surface area contributed by atoms with Gasteiger partial charge in [-0.1, -0.05) is 36.4 Å². The van der Waals surface area contributed by atoms with Crippen molar-refractivity contribution in [1.82, 2.24) is 4.90 Å². The van der Waals surface area contributed by atoms with Crippen molar-refractivity contribution >= 4 is 23.7 Å². The fourth-order valence-corrected chi connectivity index (χ4v) is 3.45. The van der Waals surface area contributed by atoms with Crippen LogP contribution in [0.3, 0.4) is 0 Å². The van der Waals surface area contributed by atoms with E-state index in [2.05, 4.69) is 35.2 Å². The van der Waals surface area contributed by atoms with Crippen LogP contribution in [-0.2, 0) is 6.54 Å². The second kappa shape index (κ2) is 9.71. The zero-order chi connectivity index (χ0) is 19.4. The topological polar surface area (TPSA) is 55.6 Å². The molecule has 0 unspecified atom stereocenters. The molecule has 2 aromatic carbocycles. The number of aryl methyl sites for hydroxylation is 1. The van der Waals surface area contributed by atoms with E-state index in [-0.39, 0.29) is 29.1 Å². The number of benzene rings is 2. The van der Waals surface area contributed by atoms with E-state index in [0.717, 1.165) is 37.2 Å². The molecule has 6 heteroatoms. The molecule has 1 heterocycles. The first-order chi connectivity index (χ1) is 12.9. The van der Waals surface area contributed by atoms with E-state index in [1.807, 2.05) is 32.9 Å². The maximum atomic E-state index is 11.4. The van der Waals surface area contributed by atoms with E-state index in [0.29, 0.717) is 5.75 Å². The van der Waals surface area contributed by atoms with Gasteiger partial charge >= 0.3 is 5.69 Å². The van der Waals surface area contributed by atoms with Crippen LogP contribution in [-0.4, -0.2) is 29.0 Å². The van der Waals surface area contributed by atoms with Gasteiger partial charge in [-0.25, -0.2) is 0 Å². The van der Waals surface area contributed by atoms with Gasteiger partial charge in [-0.05, 0) is 55.5 Å². The van der Waals surface area contributed by atoms with E-state index >= 15 is 0 Å². The first kappa shape index (κ1) is 21.9. The summed E-state index contributed by atoms with van der Waals surface area (Å²) in [6.07, 6.45) is 3.05. The maximum absolute atomic E-state index is 11.4. The van der Waals surface area contributed by atoms with Gasteiger partial charge in [0.1, 0.15) is 0 Å². The molecule has 0 radical (unpaired) electrons. The quantitative estimate of drug-likeness (QED) is 0.479. The average Bonchev–Trinajstić information content (AvgIpc) is 2.64. The molecule has 1 aliphatic rings. The Morgan fingerprint density at radius 1 is 1.21 bits per heavy atom. The van der Waals surface area contributed by atoms with Crippen molar-refractivity contribution in [3.05, 3.63) is 75.3 Å². The molecule has 5 nitrogen and oxygen atoms in total. The van der Waals surface area contributed by atoms with E-state index in [4.69, 9.17) is 4.74 Å². The Labute approximate surface area is 172 Å². The molecule has 0 spiro atoms. The van der Waals surface area contributed by atoms with Crippen LogP contribution in [0.2, 0.25) is 0 Å². The Hall–Kier alpha value is -2.37. The van der Waals surface area contributed by atoms with Crippen molar-refractivity contribution in [2.75, 3.05) is 13.1 Å². The molecule has 0 fully saturated rings. The van der Waals surface area contributed by atoms with Crippen LogP contribution >= 0.6 is 12.4 Å². The van der Waals surface area contributed by atoms with Crippen LogP contribution in [0.15, 0.2) is 48.5 Å². The standard InChI is InChI=1S/C22H26N2O3.ClH/c1-16(2)27-22-14-20(17(3)13-21(22)24(25)26)19-9-11-23(12-10-19)15-18-7-5-4-6-8-18;/h4-9,13-14,16H,10-12,15H2,1-3H3;1H. The third-order valence-corrected chi connectivity index (χ3v) is 4.75. The summed E-state index contributed by atoms with van der Waals surface area (Å²) in [6, 6.07) is 13.9. The minimum atomic E-state index is -0.370. The molecule has 1 aliphatic heterocycles. The van der Waals surface area contributed by atoms with Crippen molar-refractivity contribution in [3.8, 4) is 5.75 Å². The summed E-state index contributed by atoms with van der Waals surface area (Å²) in [5.41, 5.74) is 4.55. The molecule has 0 aliphatic carbocycles. The molecular formula is C22H27ClN2O3.